The van der Waals surface area contributed by atoms with Gasteiger partial charge in [-0.2, -0.15) is 0 Å². The van der Waals surface area contributed by atoms with E-state index < -0.39 is 5.91 Å². The first-order chi connectivity index (χ1) is 9.61. The fourth-order valence-electron chi connectivity index (χ4n) is 1.88. The Kier molecular flexibility index (Phi) is 4.22. The molecule has 104 valence electrons. The standard InChI is InChI=1S/C15H16N2O3/c16-11-5-6-14(12(9-11)15(17)19)20-13-4-2-1-3-10(13)7-8-18/h1-6,9,18H,7-8,16H2,(H2,17,19). The molecule has 2 aromatic carbocycles. The monoisotopic (exact) mass is 272 g/mol. The zero-order valence-electron chi connectivity index (χ0n) is 10.9. The van der Waals surface area contributed by atoms with Gasteiger partial charge in [0.1, 0.15) is 11.5 Å². The number of aliphatic hydroxyl groups excluding tert-OH is 1. The lowest BCUT2D eigenvalue weighted by atomic mass is 10.1. The van der Waals surface area contributed by atoms with Crippen molar-refractivity contribution in [2.45, 2.75) is 6.42 Å². The van der Waals surface area contributed by atoms with Crippen molar-refractivity contribution in [3.63, 3.8) is 0 Å². The summed E-state index contributed by atoms with van der Waals surface area (Å²) in [6.45, 7) is 0.0186. The fraction of sp³-hybridized carbons (Fsp3) is 0.133. The van der Waals surface area contributed by atoms with E-state index in [0.717, 1.165) is 5.56 Å². The van der Waals surface area contributed by atoms with Crippen molar-refractivity contribution in [3.8, 4) is 11.5 Å². The molecule has 0 fully saturated rings. The van der Waals surface area contributed by atoms with Crippen LogP contribution in [0.15, 0.2) is 42.5 Å². The van der Waals surface area contributed by atoms with Gasteiger partial charge in [0.15, 0.2) is 0 Å². The van der Waals surface area contributed by atoms with E-state index >= 15 is 0 Å². The van der Waals surface area contributed by atoms with Crippen molar-refractivity contribution >= 4 is 11.6 Å². The number of nitrogens with two attached hydrogens (primary N) is 2. The zero-order valence-corrected chi connectivity index (χ0v) is 10.9. The number of primary amides is 1. The first-order valence-corrected chi connectivity index (χ1v) is 6.17. The van der Waals surface area contributed by atoms with Gasteiger partial charge in [0.25, 0.3) is 5.91 Å². The van der Waals surface area contributed by atoms with E-state index in [-0.39, 0.29) is 12.2 Å². The number of nitrogen functional groups attached to an aromatic ring is 1. The molecular weight excluding hydrogens is 256 g/mol. The second-order valence-corrected chi connectivity index (χ2v) is 4.30. The summed E-state index contributed by atoms with van der Waals surface area (Å²) in [5.41, 5.74) is 12.5. The molecular formula is C15H16N2O3. The third-order valence-electron chi connectivity index (χ3n) is 2.84. The van der Waals surface area contributed by atoms with Gasteiger partial charge >= 0.3 is 0 Å². The highest BCUT2D eigenvalue weighted by Crippen LogP contribution is 2.29. The van der Waals surface area contributed by atoms with Crippen molar-refractivity contribution in [1.29, 1.82) is 0 Å². The van der Waals surface area contributed by atoms with Crippen LogP contribution in [0, 0.1) is 0 Å². The predicted molar refractivity (Wildman–Crippen MR) is 76.7 cm³/mol. The normalized spacial score (nSPS) is 10.2. The maximum absolute atomic E-state index is 11.4. The van der Waals surface area contributed by atoms with Crippen molar-refractivity contribution in [3.05, 3.63) is 53.6 Å². The van der Waals surface area contributed by atoms with Crippen LogP contribution in [0.5, 0.6) is 11.5 Å². The number of para-hydroxylation sites is 1. The van der Waals surface area contributed by atoms with Gasteiger partial charge in [0, 0.05) is 12.3 Å². The summed E-state index contributed by atoms with van der Waals surface area (Å²) in [6, 6.07) is 12.0. The number of aliphatic hydroxyl groups is 1. The fourth-order valence-corrected chi connectivity index (χ4v) is 1.88. The SMILES string of the molecule is NC(=O)c1cc(N)ccc1Oc1ccccc1CCO. The first kappa shape index (κ1) is 13.9. The maximum Gasteiger partial charge on any atom is 0.252 e. The molecule has 5 nitrogen and oxygen atoms in total. The molecule has 1 amide bonds. The third kappa shape index (κ3) is 3.07. The van der Waals surface area contributed by atoms with Crippen LogP contribution in [0.2, 0.25) is 0 Å². The van der Waals surface area contributed by atoms with Crippen LogP contribution in [0.3, 0.4) is 0 Å². The van der Waals surface area contributed by atoms with Crippen LogP contribution in [0.4, 0.5) is 5.69 Å². The molecule has 0 radical (unpaired) electrons. The number of carbonyl (C=O) groups is 1. The molecule has 20 heavy (non-hydrogen) atoms. The van der Waals surface area contributed by atoms with Gasteiger partial charge in [-0.05, 0) is 36.2 Å². The van der Waals surface area contributed by atoms with Gasteiger partial charge in [-0.15, -0.1) is 0 Å². The highest BCUT2D eigenvalue weighted by Gasteiger charge is 2.12. The summed E-state index contributed by atoms with van der Waals surface area (Å²) in [4.78, 5) is 11.4. The van der Waals surface area contributed by atoms with Crippen LogP contribution in [-0.4, -0.2) is 17.6 Å². The minimum Gasteiger partial charge on any atom is -0.456 e. The predicted octanol–water partition coefficient (Wildman–Crippen LogP) is 1.69. The molecule has 0 spiro atoms. The molecule has 0 saturated carbocycles. The Labute approximate surface area is 116 Å². The Morgan fingerprint density at radius 3 is 2.60 bits per heavy atom. The van der Waals surface area contributed by atoms with Crippen molar-refractivity contribution < 1.29 is 14.6 Å². The van der Waals surface area contributed by atoms with E-state index in [1.165, 1.54) is 6.07 Å². The van der Waals surface area contributed by atoms with E-state index in [2.05, 4.69) is 0 Å². The van der Waals surface area contributed by atoms with Crippen molar-refractivity contribution in [2.24, 2.45) is 5.73 Å². The summed E-state index contributed by atoms with van der Waals surface area (Å²) < 4.78 is 5.74. The number of anilines is 1. The minimum absolute atomic E-state index is 0.0186. The summed E-state index contributed by atoms with van der Waals surface area (Å²) in [5.74, 6) is 0.317. The molecule has 0 atom stereocenters. The largest absolute Gasteiger partial charge is 0.456 e. The number of amides is 1. The molecule has 5 heteroatoms. The van der Waals surface area contributed by atoms with Gasteiger partial charge in [0.05, 0.1) is 5.56 Å². The quantitative estimate of drug-likeness (QED) is 0.721. The summed E-state index contributed by atoms with van der Waals surface area (Å²) in [7, 11) is 0. The second-order valence-electron chi connectivity index (χ2n) is 4.30. The lowest BCUT2D eigenvalue weighted by Gasteiger charge is -2.13. The molecule has 0 aromatic heterocycles. The highest BCUT2D eigenvalue weighted by molar-refractivity contribution is 5.96. The number of carbonyl (C=O) groups excluding carboxylic acids is 1. The average molecular weight is 272 g/mol. The second kappa shape index (κ2) is 6.08. The number of hydrogen-bond donors (Lipinski definition) is 3. The smallest absolute Gasteiger partial charge is 0.252 e. The Bertz CT molecular complexity index is 626. The lowest BCUT2D eigenvalue weighted by molar-refractivity contribution is 0.0998. The molecule has 0 aliphatic rings. The topological polar surface area (TPSA) is 98.6 Å². The van der Waals surface area contributed by atoms with Crippen LogP contribution in [-0.2, 0) is 6.42 Å². The number of benzene rings is 2. The van der Waals surface area contributed by atoms with E-state index in [1.54, 1.807) is 18.2 Å². The van der Waals surface area contributed by atoms with Gasteiger partial charge in [-0.1, -0.05) is 18.2 Å². The van der Waals surface area contributed by atoms with Crippen LogP contribution in [0.1, 0.15) is 15.9 Å². The van der Waals surface area contributed by atoms with E-state index in [9.17, 15) is 4.79 Å². The van der Waals surface area contributed by atoms with Crippen molar-refractivity contribution in [1.82, 2.24) is 0 Å². The highest BCUT2D eigenvalue weighted by atomic mass is 16.5. The molecule has 0 saturated heterocycles. The van der Waals surface area contributed by atoms with E-state index in [0.29, 0.717) is 23.6 Å². The lowest BCUT2D eigenvalue weighted by Crippen LogP contribution is -2.13. The Balaban J connectivity index is 2.37. The van der Waals surface area contributed by atoms with Gasteiger partial charge in [0.2, 0.25) is 0 Å². The van der Waals surface area contributed by atoms with Crippen LogP contribution < -0.4 is 16.2 Å². The van der Waals surface area contributed by atoms with Crippen LogP contribution in [0.25, 0.3) is 0 Å². The Morgan fingerprint density at radius 2 is 1.90 bits per heavy atom. The van der Waals surface area contributed by atoms with Crippen LogP contribution >= 0.6 is 0 Å². The summed E-state index contributed by atoms with van der Waals surface area (Å²) in [6.07, 6.45) is 0.469. The Morgan fingerprint density at radius 1 is 1.15 bits per heavy atom. The van der Waals surface area contributed by atoms with Gasteiger partial charge in [-0.3, -0.25) is 4.79 Å². The molecule has 2 rings (SSSR count). The Hall–Kier alpha value is -2.53. The molecule has 5 N–H and O–H groups in total. The maximum atomic E-state index is 11.4. The number of ether oxygens (including phenoxy) is 1. The minimum atomic E-state index is -0.605. The van der Waals surface area contributed by atoms with E-state index in [4.69, 9.17) is 21.3 Å². The molecule has 0 aliphatic carbocycles. The van der Waals surface area contributed by atoms with Gasteiger partial charge in [-0.25, -0.2) is 0 Å². The number of rotatable bonds is 5. The molecule has 0 heterocycles. The van der Waals surface area contributed by atoms with Crippen molar-refractivity contribution in [2.75, 3.05) is 12.3 Å². The van der Waals surface area contributed by atoms with E-state index in [1.807, 2.05) is 18.2 Å². The zero-order chi connectivity index (χ0) is 14.5. The molecule has 0 aliphatic heterocycles. The average Bonchev–Trinajstić information content (AvgIpc) is 2.43. The molecule has 0 bridgehead atoms. The summed E-state index contributed by atoms with van der Waals surface area (Å²) in [5, 5.41) is 9.04. The number of hydrogen-bond acceptors (Lipinski definition) is 4. The summed E-state index contributed by atoms with van der Waals surface area (Å²) >= 11 is 0. The molecule has 2 aromatic rings. The third-order valence-corrected chi connectivity index (χ3v) is 2.84. The van der Waals surface area contributed by atoms with Gasteiger partial charge < -0.3 is 21.3 Å². The molecule has 0 unspecified atom stereocenters. The first-order valence-electron chi connectivity index (χ1n) is 6.17.